The third-order valence-corrected chi connectivity index (χ3v) is 24.1. The molecule has 30 heteroatoms. The average Bonchev–Trinajstić information content (AvgIpc) is 0.848. The Bertz CT molecular complexity index is 4480. The Morgan fingerprint density at radius 2 is 0.566 bits per heavy atom. The Morgan fingerprint density at radius 3 is 0.787 bits per heavy atom. The number of hydrogen-bond acceptors (Lipinski definition) is 24. The second-order valence-electron chi connectivity index (χ2n) is 33.6. The number of rotatable bonds is 28. The molecule has 4 aromatic carbocycles. The summed E-state index contributed by atoms with van der Waals surface area (Å²) in [5, 5.41) is 52.8. The maximum absolute atomic E-state index is 12.6. The van der Waals surface area contributed by atoms with Crippen molar-refractivity contribution in [2.45, 2.75) is 141 Å². The van der Waals surface area contributed by atoms with Gasteiger partial charge in [0.25, 0.3) is 23.6 Å². The number of carbonyl (C=O) groups excluding carboxylic acids is 6. The van der Waals surface area contributed by atoms with E-state index in [4.69, 9.17) is 9.47 Å². The quantitative estimate of drug-likeness (QED) is 0.0335. The van der Waals surface area contributed by atoms with Crippen LogP contribution in [0.15, 0.2) is 147 Å². The lowest BCUT2D eigenvalue weighted by molar-refractivity contribution is -0.131. The first-order chi connectivity index (χ1) is 59.3. The van der Waals surface area contributed by atoms with E-state index in [0.29, 0.717) is 72.6 Å². The van der Waals surface area contributed by atoms with Crippen molar-refractivity contribution in [3.8, 4) is 0 Å². The van der Waals surface area contributed by atoms with Crippen LogP contribution in [0.4, 0.5) is 0 Å². The highest BCUT2D eigenvalue weighted by molar-refractivity contribution is 5.93. The topological polar surface area (TPSA) is 372 Å². The zero-order chi connectivity index (χ0) is 85.1. The highest BCUT2D eigenvalue weighted by Gasteiger charge is 2.29. The van der Waals surface area contributed by atoms with Crippen LogP contribution in [0.2, 0.25) is 0 Å². The summed E-state index contributed by atoms with van der Waals surface area (Å²) in [6, 6.07) is 40.6. The fourth-order valence-electron chi connectivity index (χ4n) is 16.9. The molecule has 30 nitrogen and oxygen atoms in total. The molecule has 8 aromatic rings. The van der Waals surface area contributed by atoms with Gasteiger partial charge in [-0.15, -0.1) is 0 Å². The number of hydrogen-bond donors (Lipinski definition) is 8. The normalized spacial score (nSPS) is 18.0. The third kappa shape index (κ3) is 27.3. The van der Waals surface area contributed by atoms with Gasteiger partial charge in [-0.3, -0.25) is 48.4 Å². The maximum Gasteiger partial charge on any atom is 0.270 e. The number of ether oxygens (including phenoxy) is 2. The van der Waals surface area contributed by atoms with E-state index in [-0.39, 0.29) is 61.6 Å². The number of aromatic nitrogens is 8. The van der Waals surface area contributed by atoms with Gasteiger partial charge < -0.3 is 61.0 Å². The second-order valence-corrected chi connectivity index (χ2v) is 33.6. The lowest BCUT2D eigenvalue weighted by Crippen LogP contribution is -2.42. The van der Waals surface area contributed by atoms with Crippen molar-refractivity contribution >= 4 is 35.4 Å². The molecule has 4 aromatic heterocycles. The first kappa shape index (κ1) is 89.4. The number of aliphatic hydroxyl groups is 4. The summed E-state index contributed by atoms with van der Waals surface area (Å²) >= 11 is 0. The molecule has 0 radical (unpaired) electrons. The van der Waals surface area contributed by atoms with Gasteiger partial charge in [-0.25, -0.2) is 39.9 Å². The summed E-state index contributed by atoms with van der Waals surface area (Å²) in [5.74, 6) is 0.938. The first-order valence-electron chi connectivity index (χ1n) is 43.2. The molecule has 4 fully saturated rings. The molecule has 0 spiro atoms. The summed E-state index contributed by atoms with van der Waals surface area (Å²) in [7, 11) is 0. The van der Waals surface area contributed by atoms with E-state index in [1.807, 2.05) is 34.1 Å². The minimum Gasteiger partial charge on any atom is -0.390 e. The average molecular weight is 1670 g/mol. The van der Waals surface area contributed by atoms with Crippen molar-refractivity contribution in [1.29, 1.82) is 0 Å². The van der Waals surface area contributed by atoms with Gasteiger partial charge in [0, 0.05) is 179 Å². The van der Waals surface area contributed by atoms with Crippen molar-refractivity contribution < 1.29 is 58.7 Å². The number of amides is 6. The molecular weight excluding hydrogens is 1550 g/mol. The van der Waals surface area contributed by atoms with Crippen molar-refractivity contribution in [2.75, 3.05) is 131 Å². The number of piperidine rings is 2. The minimum atomic E-state index is -0.646. The zero-order valence-electron chi connectivity index (χ0n) is 70.2. The lowest BCUT2D eigenvalue weighted by Gasteiger charge is -2.31. The van der Waals surface area contributed by atoms with Crippen LogP contribution < -0.4 is 21.3 Å². The Morgan fingerprint density at radius 1 is 0.336 bits per heavy atom. The number of fused-ring (bicyclic) bond motifs is 4. The first-order valence-corrected chi connectivity index (χ1v) is 43.2. The van der Waals surface area contributed by atoms with Gasteiger partial charge in [0.2, 0.25) is 11.8 Å². The number of benzene rings is 4. The van der Waals surface area contributed by atoms with E-state index in [1.54, 1.807) is 38.1 Å². The van der Waals surface area contributed by atoms with Gasteiger partial charge in [-0.2, -0.15) is 0 Å². The van der Waals surface area contributed by atoms with Gasteiger partial charge in [-0.1, -0.05) is 97.1 Å². The van der Waals surface area contributed by atoms with E-state index in [2.05, 4.69) is 154 Å². The molecular formula is C92H118N18O12. The van der Waals surface area contributed by atoms with Crippen LogP contribution in [0.3, 0.4) is 0 Å². The Kier molecular flexibility index (Phi) is 33.1. The molecule has 8 aliphatic rings. The van der Waals surface area contributed by atoms with Crippen LogP contribution in [0.25, 0.3) is 0 Å². The van der Waals surface area contributed by atoms with Gasteiger partial charge in [0.05, 0.1) is 50.8 Å². The summed E-state index contributed by atoms with van der Waals surface area (Å²) in [4.78, 5) is 119. The number of nitrogens with zero attached hydrogens (tertiary/aromatic N) is 14. The molecule has 8 N–H and O–H groups in total. The second kappa shape index (κ2) is 45.1. The van der Waals surface area contributed by atoms with Gasteiger partial charge in [0.1, 0.15) is 48.1 Å². The van der Waals surface area contributed by atoms with Crippen LogP contribution in [0, 0.1) is 23.7 Å². The fourth-order valence-corrected chi connectivity index (χ4v) is 16.9. The van der Waals surface area contributed by atoms with Gasteiger partial charge >= 0.3 is 0 Å². The summed E-state index contributed by atoms with van der Waals surface area (Å²) in [6.07, 6.45) is 14.0. The molecule has 8 aliphatic heterocycles. The van der Waals surface area contributed by atoms with E-state index in [0.717, 1.165) is 205 Å². The van der Waals surface area contributed by atoms with E-state index in [1.165, 1.54) is 69.8 Å². The van der Waals surface area contributed by atoms with Gasteiger partial charge in [-0.05, 0) is 158 Å². The Balaban J connectivity index is 0.000000141. The molecule has 4 saturated heterocycles. The monoisotopic (exact) mass is 1670 g/mol. The van der Waals surface area contributed by atoms with Crippen LogP contribution in [0.1, 0.15) is 149 Å². The smallest absolute Gasteiger partial charge is 0.270 e. The van der Waals surface area contributed by atoms with Crippen molar-refractivity contribution in [1.82, 2.24) is 90.5 Å². The molecule has 4 atom stereocenters. The number of aliphatic hydroxyl groups excluding tert-OH is 4. The molecule has 0 aliphatic carbocycles. The largest absolute Gasteiger partial charge is 0.390 e. The Hall–Kier alpha value is -10.4. The fraction of sp³-hybridized carbons (Fsp3) is 0.500. The Labute approximate surface area is 714 Å². The minimum absolute atomic E-state index is 0.127. The van der Waals surface area contributed by atoms with Crippen LogP contribution in [-0.4, -0.2) is 281 Å². The molecule has 0 bridgehead atoms. The predicted octanol–water partition coefficient (Wildman–Crippen LogP) is 4.48. The number of carbonyl (C=O) groups is 6. The van der Waals surface area contributed by atoms with Crippen LogP contribution >= 0.6 is 0 Å². The lowest BCUT2D eigenvalue weighted by atomic mass is 9.92. The summed E-state index contributed by atoms with van der Waals surface area (Å²) < 4.78 is 10.4. The van der Waals surface area contributed by atoms with Crippen molar-refractivity contribution in [2.24, 2.45) is 23.7 Å². The SMILES string of the molecule is CC(=O)N1CCC(Cc2cc(C(=O)NC[C@@H](O)CN3CCc4ccccc4C3)ncn2)CC1.CC(=O)N1CCC(Cc2cc(C(=O)NC[C@H](O)CN3CCc4ccccc4C3)ncn2)CC1.O=C(NC[C@@H](O)CN1CCc2ccccc2C1)c1cc(CC2COC2)ncn1.O=C(NC[C@H](O)CN1CCc2ccccc2C1)c1cc(CC2COC2)ncn1. The maximum atomic E-state index is 12.6. The molecule has 648 valence electrons. The molecule has 122 heavy (non-hydrogen) atoms. The van der Waals surface area contributed by atoms with E-state index < -0.39 is 24.4 Å². The summed E-state index contributed by atoms with van der Waals surface area (Å²) in [5.41, 5.74) is 15.4. The van der Waals surface area contributed by atoms with Crippen LogP contribution in [0.5, 0.6) is 0 Å². The standard InChI is InChI=1S/2C25H33N5O3.2C21H26N4O3/c2*1-18(31)30-10-6-19(7-11-30)12-22-13-24(28-17-27-22)25(33)26-14-23(32)16-29-9-8-20-4-2-3-5-21(20)15-29;2*26-19(11-25-6-5-16-3-1-2-4-17(16)10-25)9-22-21(27)20-8-18(23-14-24-20)7-15-12-28-13-15/h2*2-5,13,17,19,23,32H,6-12,14-16H2,1H3,(H,26,33);2*1-4,8,14-15,19,26H,5-7,9-13H2,(H,22,27)/t2*23-;2*19-/m1010/s1. The van der Waals surface area contributed by atoms with E-state index >= 15 is 0 Å². The third-order valence-electron chi connectivity index (χ3n) is 24.1. The molecule has 6 amide bonds. The molecule has 0 saturated carbocycles. The molecule has 12 heterocycles. The van der Waals surface area contributed by atoms with Crippen LogP contribution in [-0.2, 0) is 96.6 Å². The molecule has 16 rings (SSSR count). The van der Waals surface area contributed by atoms with Gasteiger partial charge in [0.15, 0.2) is 0 Å². The number of nitrogens with one attached hydrogen (secondary N) is 4. The summed E-state index contributed by atoms with van der Waals surface area (Å²) in [6.45, 7) is 19.1. The number of β-amino-alcohol motifs (C(OH)–C–C–N with tert-alkyl or cyclic N) is 4. The molecule has 0 unspecified atom stereocenters. The van der Waals surface area contributed by atoms with E-state index in [9.17, 15) is 49.2 Å². The number of likely N-dealkylation sites (tertiary alicyclic amines) is 2. The highest BCUT2D eigenvalue weighted by atomic mass is 16.5. The van der Waals surface area contributed by atoms with Crippen molar-refractivity contribution in [3.63, 3.8) is 0 Å². The highest BCUT2D eigenvalue weighted by Crippen LogP contribution is 2.27. The van der Waals surface area contributed by atoms with Crippen molar-refractivity contribution in [3.05, 3.63) is 237 Å². The predicted molar refractivity (Wildman–Crippen MR) is 457 cm³/mol. The zero-order valence-corrected chi connectivity index (χ0v) is 70.2.